The largest absolute Gasteiger partial charge is 0.493 e. The van der Waals surface area contributed by atoms with Crippen LogP contribution in [0.2, 0.25) is 0 Å². The predicted octanol–water partition coefficient (Wildman–Crippen LogP) is 1.66. The van der Waals surface area contributed by atoms with Gasteiger partial charge in [-0.2, -0.15) is 0 Å². The number of hydrogen-bond acceptors (Lipinski definition) is 4. The van der Waals surface area contributed by atoms with Gasteiger partial charge in [0.15, 0.2) is 18.1 Å². The summed E-state index contributed by atoms with van der Waals surface area (Å²) in [5.41, 5.74) is 1.07. The van der Waals surface area contributed by atoms with Gasteiger partial charge >= 0.3 is 0 Å². The number of rotatable bonds is 6. The number of amides is 1. The first-order valence-corrected chi connectivity index (χ1v) is 7.30. The van der Waals surface area contributed by atoms with Gasteiger partial charge in [-0.05, 0) is 49.8 Å². The molecule has 21 heavy (non-hydrogen) atoms. The maximum atomic E-state index is 11.8. The Morgan fingerprint density at radius 2 is 2.19 bits per heavy atom. The second-order valence-electron chi connectivity index (χ2n) is 5.58. The smallest absolute Gasteiger partial charge is 0.257 e. The molecule has 0 heterocycles. The van der Waals surface area contributed by atoms with Crippen LogP contribution in [0.4, 0.5) is 0 Å². The zero-order valence-corrected chi connectivity index (χ0v) is 12.6. The molecule has 2 unspecified atom stereocenters. The Labute approximate surface area is 125 Å². The molecule has 1 aliphatic rings. The average Bonchev–Trinajstić information content (AvgIpc) is 2.89. The number of hydrogen-bond donors (Lipinski definition) is 2. The van der Waals surface area contributed by atoms with Crippen LogP contribution in [0.15, 0.2) is 18.2 Å². The zero-order valence-electron chi connectivity index (χ0n) is 12.6. The maximum Gasteiger partial charge on any atom is 0.257 e. The van der Waals surface area contributed by atoms with Crippen LogP contribution in [0.5, 0.6) is 11.5 Å². The van der Waals surface area contributed by atoms with Crippen LogP contribution in [-0.4, -0.2) is 37.4 Å². The molecule has 0 bridgehead atoms. The van der Waals surface area contributed by atoms with Crippen molar-refractivity contribution in [3.05, 3.63) is 23.8 Å². The molecule has 116 valence electrons. The summed E-state index contributed by atoms with van der Waals surface area (Å²) in [6, 6.07) is 5.58. The first-order chi connectivity index (χ1) is 10.1. The van der Waals surface area contributed by atoms with Gasteiger partial charge in [-0.25, -0.2) is 0 Å². The number of aryl methyl sites for hydroxylation is 1. The van der Waals surface area contributed by atoms with Crippen molar-refractivity contribution < 1.29 is 19.4 Å². The normalized spacial score (nSPS) is 21.1. The molecule has 5 nitrogen and oxygen atoms in total. The molecule has 1 aromatic carbocycles. The molecule has 2 N–H and O–H groups in total. The molecule has 5 heteroatoms. The summed E-state index contributed by atoms with van der Waals surface area (Å²) in [6.07, 6.45) is 2.36. The Balaban J connectivity index is 1.76. The van der Waals surface area contributed by atoms with Crippen molar-refractivity contribution in [3.63, 3.8) is 0 Å². The summed E-state index contributed by atoms with van der Waals surface area (Å²) in [7, 11) is 1.58. The highest BCUT2D eigenvalue weighted by Crippen LogP contribution is 2.27. The molecule has 1 amide bonds. The molecule has 0 spiro atoms. The molecular formula is C16H23NO4. The second-order valence-corrected chi connectivity index (χ2v) is 5.58. The van der Waals surface area contributed by atoms with Crippen LogP contribution in [-0.2, 0) is 4.79 Å². The Bertz CT molecular complexity index is 489. The standard InChI is InChI=1S/C16H23NO4/c1-11-3-6-14(15(7-11)20-2)21-10-16(19)17-9-12-4-5-13(18)8-12/h3,6-7,12-13,18H,4-5,8-10H2,1-2H3,(H,17,19). The lowest BCUT2D eigenvalue weighted by atomic mass is 10.1. The van der Waals surface area contributed by atoms with Gasteiger partial charge in [-0.15, -0.1) is 0 Å². The maximum absolute atomic E-state index is 11.8. The summed E-state index contributed by atoms with van der Waals surface area (Å²) >= 11 is 0. The van der Waals surface area contributed by atoms with Gasteiger partial charge in [-0.3, -0.25) is 4.79 Å². The number of ether oxygens (including phenoxy) is 2. The van der Waals surface area contributed by atoms with Gasteiger partial charge in [0.05, 0.1) is 13.2 Å². The molecule has 0 aromatic heterocycles. The molecule has 2 rings (SSSR count). The van der Waals surface area contributed by atoms with Crippen LogP contribution in [0.1, 0.15) is 24.8 Å². The van der Waals surface area contributed by atoms with Crippen molar-refractivity contribution in [2.45, 2.75) is 32.3 Å². The Morgan fingerprint density at radius 1 is 1.38 bits per heavy atom. The van der Waals surface area contributed by atoms with Gasteiger partial charge in [0.1, 0.15) is 0 Å². The summed E-state index contributed by atoms with van der Waals surface area (Å²) < 4.78 is 10.7. The predicted molar refractivity (Wildman–Crippen MR) is 79.6 cm³/mol. The summed E-state index contributed by atoms with van der Waals surface area (Å²) in [6.45, 7) is 2.54. The van der Waals surface area contributed by atoms with Crippen LogP contribution < -0.4 is 14.8 Å². The number of nitrogens with one attached hydrogen (secondary N) is 1. The van der Waals surface area contributed by atoms with E-state index in [-0.39, 0.29) is 18.6 Å². The molecule has 0 aliphatic heterocycles. The van der Waals surface area contributed by atoms with Crippen LogP contribution in [0, 0.1) is 12.8 Å². The van der Waals surface area contributed by atoms with E-state index >= 15 is 0 Å². The summed E-state index contributed by atoms with van der Waals surface area (Å²) in [4.78, 5) is 11.8. The lowest BCUT2D eigenvalue weighted by molar-refractivity contribution is -0.123. The van der Waals surface area contributed by atoms with Crippen molar-refractivity contribution >= 4 is 5.91 Å². The lowest BCUT2D eigenvalue weighted by Gasteiger charge is -2.13. The minimum Gasteiger partial charge on any atom is -0.493 e. The van der Waals surface area contributed by atoms with E-state index < -0.39 is 0 Å². The van der Waals surface area contributed by atoms with E-state index in [4.69, 9.17) is 9.47 Å². The van der Waals surface area contributed by atoms with E-state index in [1.807, 2.05) is 19.1 Å². The monoisotopic (exact) mass is 293 g/mol. The molecule has 1 saturated carbocycles. The number of methoxy groups -OCH3 is 1. The van der Waals surface area contributed by atoms with E-state index in [0.717, 1.165) is 24.8 Å². The number of carbonyl (C=O) groups excluding carboxylic acids is 1. The second kappa shape index (κ2) is 7.31. The van der Waals surface area contributed by atoms with Crippen molar-refractivity contribution in [2.75, 3.05) is 20.3 Å². The fourth-order valence-electron chi connectivity index (χ4n) is 2.58. The minimum absolute atomic E-state index is 0.0330. The van der Waals surface area contributed by atoms with Gasteiger partial charge < -0.3 is 19.9 Å². The molecular weight excluding hydrogens is 270 g/mol. The number of benzene rings is 1. The number of aliphatic hydroxyl groups excluding tert-OH is 1. The first kappa shape index (κ1) is 15.6. The Kier molecular flexibility index (Phi) is 5.44. The lowest BCUT2D eigenvalue weighted by Crippen LogP contribution is -2.32. The highest BCUT2D eigenvalue weighted by molar-refractivity contribution is 5.77. The van der Waals surface area contributed by atoms with Crippen molar-refractivity contribution in [1.82, 2.24) is 5.32 Å². The fraction of sp³-hybridized carbons (Fsp3) is 0.562. The summed E-state index contributed by atoms with van der Waals surface area (Å²) in [5.74, 6) is 1.41. The van der Waals surface area contributed by atoms with Gasteiger partial charge in [0.25, 0.3) is 5.91 Å². The van der Waals surface area contributed by atoms with Gasteiger partial charge in [0, 0.05) is 6.54 Å². The highest BCUT2D eigenvalue weighted by atomic mass is 16.5. The Morgan fingerprint density at radius 3 is 2.86 bits per heavy atom. The molecule has 2 atom stereocenters. The van der Waals surface area contributed by atoms with Gasteiger partial charge in [0.2, 0.25) is 0 Å². The highest BCUT2D eigenvalue weighted by Gasteiger charge is 2.22. The average molecular weight is 293 g/mol. The molecule has 1 fully saturated rings. The third-order valence-electron chi connectivity index (χ3n) is 3.78. The third-order valence-corrected chi connectivity index (χ3v) is 3.78. The number of aliphatic hydroxyl groups is 1. The van der Waals surface area contributed by atoms with Crippen LogP contribution in [0.3, 0.4) is 0 Å². The van der Waals surface area contributed by atoms with E-state index in [1.165, 1.54) is 0 Å². The molecule has 0 saturated heterocycles. The van der Waals surface area contributed by atoms with Crippen LogP contribution in [0.25, 0.3) is 0 Å². The third kappa shape index (κ3) is 4.63. The van der Waals surface area contributed by atoms with Crippen molar-refractivity contribution in [2.24, 2.45) is 5.92 Å². The molecule has 1 aromatic rings. The topological polar surface area (TPSA) is 67.8 Å². The fourth-order valence-corrected chi connectivity index (χ4v) is 2.58. The van der Waals surface area contributed by atoms with Crippen molar-refractivity contribution in [3.8, 4) is 11.5 Å². The van der Waals surface area contributed by atoms with Crippen molar-refractivity contribution in [1.29, 1.82) is 0 Å². The SMILES string of the molecule is COc1cc(C)ccc1OCC(=O)NCC1CCC(O)C1. The van der Waals surface area contributed by atoms with Gasteiger partial charge in [-0.1, -0.05) is 6.07 Å². The zero-order chi connectivity index (χ0) is 15.2. The van der Waals surface area contributed by atoms with E-state index in [1.54, 1.807) is 13.2 Å². The molecule has 1 aliphatic carbocycles. The van der Waals surface area contributed by atoms with E-state index in [2.05, 4.69) is 5.32 Å². The molecule has 0 radical (unpaired) electrons. The number of carbonyl (C=O) groups is 1. The minimum atomic E-state index is -0.208. The van der Waals surface area contributed by atoms with E-state index in [9.17, 15) is 9.90 Å². The quantitative estimate of drug-likeness (QED) is 0.837. The summed E-state index contributed by atoms with van der Waals surface area (Å²) in [5, 5.41) is 12.3. The van der Waals surface area contributed by atoms with E-state index in [0.29, 0.717) is 24.0 Å². The first-order valence-electron chi connectivity index (χ1n) is 7.30. The Hall–Kier alpha value is -1.75. The van der Waals surface area contributed by atoms with Crippen LogP contribution >= 0.6 is 0 Å².